The molecule has 0 spiro atoms. The highest BCUT2D eigenvalue weighted by Gasteiger charge is 2.17. The summed E-state index contributed by atoms with van der Waals surface area (Å²) in [5, 5.41) is 12.0. The Labute approximate surface area is 74.9 Å². The number of β-amino-alcohol motifs (C(OH)–C–C–N with tert-alkyl or cyclic N) is 1. The third kappa shape index (κ3) is 2.34. The van der Waals surface area contributed by atoms with E-state index in [-0.39, 0.29) is 6.61 Å². The highest BCUT2D eigenvalue weighted by atomic mass is 127. The van der Waals surface area contributed by atoms with Gasteiger partial charge in [0.15, 0.2) is 0 Å². The summed E-state index contributed by atoms with van der Waals surface area (Å²) in [5.41, 5.74) is 0. The lowest BCUT2D eigenvalue weighted by atomic mass is 10.4. The van der Waals surface area contributed by atoms with E-state index in [1.807, 2.05) is 0 Å². The van der Waals surface area contributed by atoms with Crippen molar-refractivity contribution in [3.63, 3.8) is 0 Å². The van der Waals surface area contributed by atoms with Crippen LogP contribution in [0.4, 0.5) is 0 Å². The molecule has 0 aromatic rings. The second kappa shape index (κ2) is 4.48. The molecule has 1 fully saturated rings. The first-order valence-corrected chi connectivity index (χ1v) is 4.79. The Hall–Kier alpha value is 0.610. The number of piperazine rings is 1. The van der Waals surface area contributed by atoms with Crippen LogP contribution in [0.1, 0.15) is 0 Å². The maximum Gasteiger partial charge on any atom is 0.0746 e. The molecule has 0 aromatic heterocycles. The highest BCUT2D eigenvalue weighted by Crippen LogP contribution is 2.08. The molecule has 0 aromatic carbocycles. The fourth-order valence-corrected chi connectivity index (χ4v) is 1.96. The molecule has 3 nitrogen and oxygen atoms in total. The fourth-order valence-electron chi connectivity index (χ4n) is 1.09. The summed E-state index contributed by atoms with van der Waals surface area (Å²) >= 11 is 2.39. The fraction of sp³-hybridized carbons (Fsp3) is 1.00. The van der Waals surface area contributed by atoms with Gasteiger partial charge in [0, 0.05) is 26.2 Å². The molecule has 0 saturated carbocycles. The van der Waals surface area contributed by atoms with E-state index in [1.165, 1.54) is 0 Å². The van der Waals surface area contributed by atoms with Gasteiger partial charge in [-0.05, 0) is 0 Å². The van der Waals surface area contributed by atoms with E-state index in [2.05, 4.69) is 32.8 Å². The quantitative estimate of drug-likeness (QED) is 0.402. The van der Waals surface area contributed by atoms with E-state index in [0.29, 0.717) is 4.05 Å². The predicted molar refractivity (Wildman–Crippen MR) is 49.3 cm³/mol. The second-order valence-electron chi connectivity index (χ2n) is 2.40. The van der Waals surface area contributed by atoms with Crippen LogP contribution in [0, 0.1) is 0 Å². The van der Waals surface area contributed by atoms with Crippen LogP contribution in [0.15, 0.2) is 0 Å². The van der Waals surface area contributed by atoms with E-state index < -0.39 is 0 Å². The van der Waals surface area contributed by atoms with Gasteiger partial charge < -0.3 is 10.4 Å². The van der Waals surface area contributed by atoms with E-state index in [9.17, 15) is 0 Å². The molecule has 1 saturated heterocycles. The monoisotopic (exact) mass is 256 g/mol. The van der Waals surface area contributed by atoms with Crippen LogP contribution in [-0.4, -0.2) is 46.8 Å². The number of hydrogen-bond donors (Lipinski definition) is 2. The van der Waals surface area contributed by atoms with E-state index in [1.54, 1.807) is 0 Å². The molecule has 1 unspecified atom stereocenters. The van der Waals surface area contributed by atoms with Crippen molar-refractivity contribution in [1.82, 2.24) is 10.2 Å². The minimum Gasteiger partial charge on any atom is -0.395 e. The summed E-state index contributed by atoms with van der Waals surface area (Å²) in [6, 6.07) is 0. The number of rotatable bonds is 2. The zero-order chi connectivity index (χ0) is 7.40. The average Bonchev–Trinajstić information content (AvgIpc) is 1.94. The van der Waals surface area contributed by atoms with Crippen LogP contribution in [-0.2, 0) is 0 Å². The van der Waals surface area contributed by atoms with Gasteiger partial charge in [-0.2, -0.15) is 0 Å². The number of hydrogen-bond acceptors (Lipinski definition) is 3. The van der Waals surface area contributed by atoms with Gasteiger partial charge in [0.1, 0.15) is 0 Å². The van der Waals surface area contributed by atoms with Crippen LogP contribution >= 0.6 is 22.6 Å². The lowest BCUT2D eigenvalue weighted by Crippen LogP contribution is -2.49. The van der Waals surface area contributed by atoms with E-state index >= 15 is 0 Å². The lowest BCUT2D eigenvalue weighted by Gasteiger charge is -2.31. The van der Waals surface area contributed by atoms with Crippen molar-refractivity contribution in [3.8, 4) is 0 Å². The Morgan fingerprint density at radius 3 is 3.10 bits per heavy atom. The third-order valence-electron chi connectivity index (χ3n) is 1.67. The smallest absolute Gasteiger partial charge is 0.0746 e. The molecular weight excluding hydrogens is 243 g/mol. The normalized spacial score (nSPS) is 28.8. The Morgan fingerprint density at radius 2 is 2.50 bits per heavy atom. The van der Waals surface area contributed by atoms with Crippen LogP contribution in [0.2, 0.25) is 0 Å². The van der Waals surface area contributed by atoms with E-state index in [4.69, 9.17) is 5.11 Å². The maximum absolute atomic E-state index is 8.67. The van der Waals surface area contributed by atoms with Crippen molar-refractivity contribution in [1.29, 1.82) is 0 Å². The van der Waals surface area contributed by atoms with Gasteiger partial charge in [-0.1, -0.05) is 22.6 Å². The SMILES string of the molecule is OCCN1CCNCC1I. The average molecular weight is 256 g/mol. The van der Waals surface area contributed by atoms with Crippen molar-refractivity contribution in [2.75, 3.05) is 32.8 Å². The van der Waals surface area contributed by atoms with Crippen LogP contribution in [0.25, 0.3) is 0 Å². The Morgan fingerprint density at radius 1 is 1.70 bits per heavy atom. The first-order valence-electron chi connectivity index (χ1n) is 3.54. The Kier molecular flexibility index (Phi) is 3.90. The summed E-state index contributed by atoms with van der Waals surface area (Å²) in [5.74, 6) is 0. The predicted octanol–water partition coefficient (Wildman–Crippen LogP) is -0.355. The molecule has 0 aliphatic carbocycles. The molecule has 0 amide bonds. The van der Waals surface area contributed by atoms with Gasteiger partial charge in [-0.15, -0.1) is 0 Å². The summed E-state index contributed by atoms with van der Waals surface area (Å²) in [7, 11) is 0. The van der Waals surface area contributed by atoms with Crippen LogP contribution in [0.5, 0.6) is 0 Å². The lowest BCUT2D eigenvalue weighted by molar-refractivity contribution is 0.173. The molecule has 1 aliphatic heterocycles. The zero-order valence-corrected chi connectivity index (χ0v) is 8.04. The second-order valence-corrected chi connectivity index (χ2v) is 3.84. The number of halogens is 1. The van der Waals surface area contributed by atoms with Gasteiger partial charge in [0.25, 0.3) is 0 Å². The maximum atomic E-state index is 8.67. The number of nitrogens with one attached hydrogen (secondary N) is 1. The van der Waals surface area contributed by atoms with Crippen molar-refractivity contribution >= 4 is 22.6 Å². The zero-order valence-electron chi connectivity index (χ0n) is 5.89. The molecule has 1 atom stereocenters. The molecule has 1 aliphatic rings. The van der Waals surface area contributed by atoms with Gasteiger partial charge >= 0.3 is 0 Å². The summed E-state index contributed by atoms with van der Waals surface area (Å²) in [6.45, 7) is 4.25. The van der Waals surface area contributed by atoms with Gasteiger partial charge in [-0.25, -0.2) is 0 Å². The first-order chi connectivity index (χ1) is 4.84. The van der Waals surface area contributed by atoms with Crippen molar-refractivity contribution in [2.24, 2.45) is 0 Å². The number of nitrogens with zero attached hydrogens (tertiary/aromatic N) is 1. The highest BCUT2D eigenvalue weighted by molar-refractivity contribution is 14.1. The summed E-state index contributed by atoms with van der Waals surface area (Å²) in [6.07, 6.45) is 0. The van der Waals surface area contributed by atoms with Gasteiger partial charge in [-0.3, -0.25) is 4.90 Å². The van der Waals surface area contributed by atoms with Crippen molar-refractivity contribution in [3.05, 3.63) is 0 Å². The Balaban J connectivity index is 2.25. The third-order valence-corrected chi connectivity index (χ3v) is 2.90. The largest absolute Gasteiger partial charge is 0.395 e. The minimum atomic E-state index is 0.277. The molecule has 0 radical (unpaired) electrons. The molecular formula is C6H13IN2O. The molecule has 4 heteroatoms. The molecule has 10 heavy (non-hydrogen) atoms. The molecule has 2 N–H and O–H groups in total. The minimum absolute atomic E-state index is 0.277. The van der Waals surface area contributed by atoms with Crippen LogP contribution < -0.4 is 5.32 Å². The topological polar surface area (TPSA) is 35.5 Å². The molecule has 0 bridgehead atoms. The summed E-state index contributed by atoms with van der Waals surface area (Å²) < 4.78 is 0.554. The summed E-state index contributed by atoms with van der Waals surface area (Å²) in [4.78, 5) is 2.29. The number of aliphatic hydroxyl groups is 1. The van der Waals surface area contributed by atoms with Gasteiger partial charge in [0.05, 0.1) is 10.7 Å². The standard InChI is InChI=1S/C6H13IN2O/c7-6-5-8-1-2-9(6)3-4-10/h6,8,10H,1-5H2. The number of aliphatic hydroxyl groups excluding tert-OH is 1. The number of alkyl halides is 1. The van der Waals surface area contributed by atoms with Crippen LogP contribution in [0.3, 0.4) is 0 Å². The van der Waals surface area contributed by atoms with E-state index in [0.717, 1.165) is 26.2 Å². The molecule has 1 heterocycles. The Bertz CT molecular complexity index is 99.7. The van der Waals surface area contributed by atoms with Crippen molar-refractivity contribution in [2.45, 2.75) is 4.05 Å². The van der Waals surface area contributed by atoms with Crippen molar-refractivity contribution < 1.29 is 5.11 Å². The first kappa shape index (κ1) is 8.70. The van der Waals surface area contributed by atoms with Gasteiger partial charge in [0.2, 0.25) is 0 Å². The molecule has 1 rings (SSSR count). The molecule has 60 valence electrons.